The highest BCUT2D eigenvalue weighted by atomic mass is 16.5. The minimum absolute atomic E-state index is 0.462. The molecule has 21 heavy (non-hydrogen) atoms. The fraction of sp³-hybridized carbons (Fsp3) is 0.471. The summed E-state index contributed by atoms with van der Waals surface area (Å²) in [4.78, 5) is 0. The molecule has 0 saturated carbocycles. The Balaban J connectivity index is 1.83. The van der Waals surface area contributed by atoms with E-state index in [2.05, 4.69) is 60.8 Å². The normalized spacial score (nSPS) is 12.5. The molecule has 0 aliphatic carbocycles. The maximum atomic E-state index is 5.16. The molecule has 0 aliphatic rings. The van der Waals surface area contributed by atoms with E-state index >= 15 is 0 Å². The van der Waals surface area contributed by atoms with Gasteiger partial charge < -0.3 is 10.1 Å². The quantitative estimate of drug-likeness (QED) is 0.809. The first-order chi connectivity index (χ1) is 10.2. The first-order valence-electron chi connectivity index (χ1n) is 7.54. The Morgan fingerprint density at radius 2 is 2.05 bits per heavy atom. The van der Waals surface area contributed by atoms with Gasteiger partial charge in [-0.3, -0.25) is 4.68 Å². The lowest BCUT2D eigenvalue weighted by Gasteiger charge is -2.08. The number of methoxy groups -OCH3 is 1. The van der Waals surface area contributed by atoms with Crippen molar-refractivity contribution in [2.24, 2.45) is 0 Å². The smallest absolute Gasteiger partial charge is 0.0762 e. The Kier molecular flexibility index (Phi) is 5.96. The number of benzene rings is 1. The number of nitrogens with zero attached hydrogens (tertiary/aromatic N) is 2. The first kappa shape index (κ1) is 15.7. The summed E-state index contributed by atoms with van der Waals surface area (Å²) in [5, 5.41) is 8.03. The van der Waals surface area contributed by atoms with Gasteiger partial charge in [-0.05, 0) is 30.5 Å². The second kappa shape index (κ2) is 7.96. The fourth-order valence-electron chi connectivity index (χ4n) is 2.24. The topological polar surface area (TPSA) is 39.1 Å². The van der Waals surface area contributed by atoms with Gasteiger partial charge in [-0.25, -0.2) is 0 Å². The molecule has 2 aromatic rings. The average molecular weight is 287 g/mol. The van der Waals surface area contributed by atoms with Gasteiger partial charge >= 0.3 is 0 Å². The number of hydrogen-bond donors (Lipinski definition) is 1. The molecule has 0 radical (unpaired) electrons. The van der Waals surface area contributed by atoms with Crippen molar-refractivity contribution in [1.82, 2.24) is 15.1 Å². The summed E-state index contributed by atoms with van der Waals surface area (Å²) in [5.74, 6) is 0. The predicted molar refractivity (Wildman–Crippen MR) is 84.9 cm³/mol. The van der Waals surface area contributed by atoms with E-state index in [1.165, 1.54) is 11.1 Å². The lowest BCUT2D eigenvalue weighted by Crippen LogP contribution is -2.14. The SMILES string of the molecule is CCC(C)n1ccc(CNCc2cccc(COC)c2)n1. The summed E-state index contributed by atoms with van der Waals surface area (Å²) >= 11 is 0. The molecule has 1 N–H and O–H groups in total. The molecule has 1 aromatic heterocycles. The standard InChI is InChI=1S/C17H25N3O/c1-4-14(2)20-9-8-17(19-20)12-18-11-15-6-5-7-16(10-15)13-21-3/h5-10,14,18H,4,11-13H2,1-3H3. The van der Waals surface area contributed by atoms with Gasteiger partial charge in [-0.2, -0.15) is 5.10 Å². The van der Waals surface area contributed by atoms with E-state index in [4.69, 9.17) is 4.74 Å². The molecule has 0 fully saturated rings. The molecule has 2 rings (SSSR count). The van der Waals surface area contributed by atoms with Gasteiger partial charge in [0, 0.05) is 32.4 Å². The van der Waals surface area contributed by atoms with Crippen molar-refractivity contribution in [2.45, 2.75) is 46.0 Å². The van der Waals surface area contributed by atoms with E-state index in [0.29, 0.717) is 12.6 Å². The van der Waals surface area contributed by atoms with Crippen LogP contribution in [-0.4, -0.2) is 16.9 Å². The van der Waals surface area contributed by atoms with E-state index in [1.807, 2.05) is 4.68 Å². The zero-order valence-electron chi connectivity index (χ0n) is 13.2. The average Bonchev–Trinajstić information content (AvgIpc) is 2.96. The van der Waals surface area contributed by atoms with Crippen LogP contribution in [0.5, 0.6) is 0 Å². The number of hydrogen-bond acceptors (Lipinski definition) is 3. The molecule has 0 bridgehead atoms. The summed E-state index contributed by atoms with van der Waals surface area (Å²) < 4.78 is 7.20. The third-order valence-corrected chi connectivity index (χ3v) is 3.64. The fourth-order valence-corrected chi connectivity index (χ4v) is 2.24. The van der Waals surface area contributed by atoms with Crippen molar-refractivity contribution in [1.29, 1.82) is 0 Å². The summed E-state index contributed by atoms with van der Waals surface area (Å²) in [7, 11) is 1.72. The lowest BCUT2D eigenvalue weighted by atomic mass is 10.1. The van der Waals surface area contributed by atoms with Crippen LogP contribution < -0.4 is 5.32 Å². The first-order valence-corrected chi connectivity index (χ1v) is 7.54. The Bertz CT molecular complexity index is 550. The van der Waals surface area contributed by atoms with Crippen LogP contribution in [0.4, 0.5) is 0 Å². The second-order valence-corrected chi connectivity index (χ2v) is 5.40. The van der Waals surface area contributed by atoms with Gasteiger partial charge in [-0.15, -0.1) is 0 Å². The molecule has 1 heterocycles. The van der Waals surface area contributed by atoms with Crippen LogP contribution in [-0.2, 0) is 24.4 Å². The summed E-state index contributed by atoms with van der Waals surface area (Å²) in [6, 6.07) is 11.0. The number of ether oxygens (including phenoxy) is 1. The van der Waals surface area contributed by atoms with Crippen molar-refractivity contribution in [3.05, 3.63) is 53.3 Å². The van der Waals surface area contributed by atoms with Crippen molar-refractivity contribution < 1.29 is 4.74 Å². The molecular formula is C17H25N3O. The van der Waals surface area contributed by atoms with Gasteiger partial charge in [0.2, 0.25) is 0 Å². The number of nitrogens with one attached hydrogen (secondary N) is 1. The molecule has 114 valence electrons. The molecule has 1 unspecified atom stereocenters. The van der Waals surface area contributed by atoms with Crippen molar-refractivity contribution in [3.8, 4) is 0 Å². The van der Waals surface area contributed by atoms with Gasteiger partial charge in [0.25, 0.3) is 0 Å². The highest BCUT2D eigenvalue weighted by Crippen LogP contribution is 2.10. The van der Waals surface area contributed by atoms with E-state index in [9.17, 15) is 0 Å². The molecule has 1 aromatic carbocycles. The summed E-state index contributed by atoms with van der Waals surface area (Å²) in [6.45, 7) is 6.65. The Morgan fingerprint density at radius 1 is 1.24 bits per heavy atom. The van der Waals surface area contributed by atoms with Crippen LogP contribution >= 0.6 is 0 Å². The summed E-state index contributed by atoms with van der Waals surface area (Å²) in [5.41, 5.74) is 3.56. The maximum Gasteiger partial charge on any atom is 0.0762 e. The molecule has 0 spiro atoms. The lowest BCUT2D eigenvalue weighted by molar-refractivity contribution is 0.185. The Labute approximate surface area is 127 Å². The van der Waals surface area contributed by atoms with E-state index in [-0.39, 0.29) is 0 Å². The monoisotopic (exact) mass is 287 g/mol. The molecule has 4 heteroatoms. The minimum Gasteiger partial charge on any atom is -0.380 e. The van der Waals surface area contributed by atoms with Crippen molar-refractivity contribution in [3.63, 3.8) is 0 Å². The number of aromatic nitrogens is 2. The number of rotatable bonds is 8. The molecule has 0 aliphatic heterocycles. The van der Waals surface area contributed by atoms with Crippen LogP contribution in [0, 0.1) is 0 Å². The zero-order valence-corrected chi connectivity index (χ0v) is 13.2. The molecular weight excluding hydrogens is 262 g/mol. The van der Waals surface area contributed by atoms with Crippen molar-refractivity contribution >= 4 is 0 Å². The van der Waals surface area contributed by atoms with Crippen LogP contribution in [0.1, 0.15) is 43.1 Å². The molecule has 0 amide bonds. The van der Waals surface area contributed by atoms with Crippen LogP contribution in [0.15, 0.2) is 36.5 Å². The van der Waals surface area contributed by atoms with Crippen LogP contribution in [0.25, 0.3) is 0 Å². The van der Waals surface area contributed by atoms with E-state index in [1.54, 1.807) is 7.11 Å². The maximum absolute atomic E-state index is 5.16. The van der Waals surface area contributed by atoms with Gasteiger partial charge in [0.15, 0.2) is 0 Å². The molecule has 1 atom stereocenters. The summed E-state index contributed by atoms with van der Waals surface area (Å²) in [6.07, 6.45) is 3.16. The van der Waals surface area contributed by atoms with Crippen LogP contribution in [0.2, 0.25) is 0 Å². The van der Waals surface area contributed by atoms with Crippen molar-refractivity contribution in [2.75, 3.05) is 7.11 Å². The molecule has 4 nitrogen and oxygen atoms in total. The second-order valence-electron chi connectivity index (χ2n) is 5.40. The minimum atomic E-state index is 0.462. The van der Waals surface area contributed by atoms with Gasteiger partial charge in [-0.1, -0.05) is 31.2 Å². The highest BCUT2D eigenvalue weighted by Gasteiger charge is 2.04. The third kappa shape index (κ3) is 4.69. The Morgan fingerprint density at radius 3 is 2.81 bits per heavy atom. The van der Waals surface area contributed by atoms with Crippen LogP contribution in [0.3, 0.4) is 0 Å². The zero-order chi connectivity index (χ0) is 15.1. The largest absolute Gasteiger partial charge is 0.380 e. The van der Waals surface area contributed by atoms with Gasteiger partial charge in [0.05, 0.1) is 12.3 Å². The highest BCUT2D eigenvalue weighted by molar-refractivity contribution is 5.22. The molecule has 0 saturated heterocycles. The predicted octanol–water partition coefficient (Wildman–Crippen LogP) is 3.29. The third-order valence-electron chi connectivity index (χ3n) is 3.64. The van der Waals surface area contributed by atoms with E-state index in [0.717, 1.165) is 25.2 Å². The van der Waals surface area contributed by atoms with Gasteiger partial charge in [0.1, 0.15) is 0 Å². The van der Waals surface area contributed by atoms with E-state index < -0.39 is 0 Å². The Hall–Kier alpha value is -1.65.